The summed E-state index contributed by atoms with van der Waals surface area (Å²) in [6, 6.07) is 7.47. The fraction of sp³-hybridized carbons (Fsp3) is 0.632. The van der Waals surface area contributed by atoms with Crippen molar-refractivity contribution >= 4 is 0 Å². The number of nitrogens with zero attached hydrogens (tertiary/aromatic N) is 1. The van der Waals surface area contributed by atoms with Crippen molar-refractivity contribution in [2.24, 2.45) is 16.7 Å². The van der Waals surface area contributed by atoms with Gasteiger partial charge in [0.1, 0.15) is 5.82 Å². The average molecular weight is 287 g/mol. The lowest BCUT2D eigenvalue weighted by atomic mass is 9.63. The molecule has 0 heterocycles. The highest BCUT2D eigenvalue weighted by Gasteiger charge is 2.39. The topological polar surface area (TPSA) is 23.8 Å². The molecule has 1 aliphatic carbocycles. The van der Waals surface area contributed by atoms with Gasteiger partial charge in [-0.3, -0.25) is 0 Å². The first-order valence-electron chi connectivity index (χ1n) is 7.92. The van der Waals surface area contributed by atoms with Gasteiger partial charge >= 0.3 is 0 Å². The molecule has 0 radical (unpaired) electrons. The van der Waals surface area contributed by atoms with E-state index in [1.807, 2.05) is 13.0 Å². The van der Waals surface area contributed by atoms with Gasteiger partial charge in [-0.15, -0.1) is 0 Å². The maximum Gasteiger partial charge on any atom is 0.123 e. The first-order chi connectivity index (χ1) is 9.76. The van der Waals surface area contributed by atoms with Gasteiger partial charge in [-0.1, -0.05) is 26.8 Å². The monoisotopic (exact) mass is 287 g/mol. The molecule has 0 atom stereocenters. The van der Waals surface area contributed by atoms with Gasteiger partial charge in [-0.05, 0) is 73.6 Å². The van der Waals surface area contributed by atoms with E-state index in [-0.39, 0.29) is 11.2 Å². The number of hydrogen-bond donors (Lipinski definition) is 0. The van der Waals surface area contributed by atoms with E-state index < -0.39 is 0 Å². The van der Waals surface area contributed by atoms with Crippen LogP contribution in [-0.2, 0) is 6.42 Å². The van der Waals surface area contributed by atoms with Gasteiger partial charge < -0.3 is 0 Å². The molecule has 1 saturated carbocycles. The minimum absolute atomic E-state index is 0.202. The van der Waals surface area contributed by atoms with E-state index in [0.717, 1.165) is 36.8 Å². The molecule has 0 bridgehead atoms. The lowest BCUT2D eigenvalue weighted by Gasteiger charge is -2.41. The van der Waals surface area contributed by atoms with Crippen molar-refractivity contribution < 1.29 is 4.39 Å². The van der Waals surface area contributed by atoms with E-state index in [1.54, 1.807) is 6.07 Å². The smallest absolute Gasteiger partial charge is 0.123 e. The van der Waals surface area contributed by atoms with Crippen molar-refractivity contribution in [3.63, 3.8) is 0 Å². The minimum atomic E-state index is -0.305. The zero-order valence-corrected chi connectivity index (χ0v) is 13.7. The maximum atomic E-state index is 13.5. The summed E-state index contributed by atoms with van der Waals surface area (Å²) in [5.41, 5.74) is 2.09. The Hall–Kier alpha value is -1.36. The fourth-order valence-corrected chi connectivity index (χ4v) is 3.56. The van der Waals surface area contributed by atoms with Crippen LogP contribution >= 0.6 is 0 Å². The zero-order chi connectivity index (χ0) is 15.7. The molecule has 1 aromatic rings. The number of rotatable bonds is 2. The lowest BCUT2D eigenvalue weighted by Crippen LogP contribution is -2.33. The van der Waals surface area contributed by atoms with Gasteiger partial charge in [-0.25, -0.2) is 4.39 Å². The maximum absolute atomic E-state index is 13.5. The summed E-state index contributed by atoms with van der Waals surface area (Å²) in [6.45, 7) is 8.86. The summed E-state index contributed by atoms with van der Waals surface area (Å²) >= 11 is 0. The second-order valence-electron chi connectivity index (χ2n) is 7.78. The highest BCUT2D eigenvalue weighted by atomic mass is 19.1. The summed E-state index contributed by atoms with van der Waals surface area (Å²) in [5.74, 6) is 0.486. The van der Waals surface area contributed by atoms with Crippen LogP contribution in [0.15, 0.2) is 18.2 Å². The van der Waals surface area contributed by atoms with Crippen molar-refractivity contribution in [2.45, 2.75) is 59.8 Å². The van der Waals surface area contributed by atoms with E-state index in [0.29, 0.717) is 17.8 Å². The molecule has 1 fully saturated rings. The third kappa shape index (κ3) is 3.64. The molecule has 2 rings (SSSR count). The van der Waals surface area contributed by atoms with Crippen LogP contribution in [0.4, 0.5) is 4.39 Å². The Balaban J connectivity index is 2.14. The summed E-state index contributed by atoms with van der Waals surface area (Å²) in [7, 11) is 0. The van der Waals surface area contributed by atoms with Gasteiger partial charge in [0.05, 0.1) is 11.5 Å². The molecule has 21 heavy (non-hydrogen) atoms. The van der Waals surface area contributed by atoms with Gasteiger partial charge in [0.2, 0.25) is 0 Å². The second-order valence-corrected chi connectivity index (χ2v) is 7.78. The molecule has 1 aliphatic rings. The van der Waals surface area contributed by atoms with E-state index in [2.05, 4.69) is 26.8 Å². The first-order valence-corrected chi connectivity index (χ1v) is 7.92. The normalized spacial score (nSPS) is 26.4. The van der Waals surface area contributed by atoms with Crippen LogP contribution < -0.4 is 0 Å². The Morgan fingerprint density at radius 1 is 1.29 bits per heavy atom. The largest absolute Gasteiger partial charge is 0.207 e. The van der Waals surface area contributed by atoms with E-state index >= 15 is 0 Å². The fourth-order valence-electron chi connectivity index (χ4n) is 3.56. The first kappa shape index (κ1) is 16.0. The molecule has 0 amide bonds. The summed E-state index contributed by atoms with van der Waals surface area (Å²) in [4.78, 5) is 0. The van der Waals surface area contributed by atoms with Crippen LogP contribution in [0.25, 0.3) is 0 Å². The quantitative estimate of drug-likeness (QED) is 0.712. The molecule has 0 unspecified atom stereocenters. The van der Waals surface area contributed by atoms with Gasteiger partial charge in [0, 0.05) is 0 Å². The Morgan fingerprint density at radius 2 is 1.90 bits per heavy atom. The van der Waals surface area contributed by atoms with Crippen LogP contribution in [-0.4, -0.2) is 0 Å². The van der Waals surface area contributed by atoms with E-state index in [9.17, 15) is 9.65 Å². The van der Waals surface area contributed by atoms with Gasteiger partial charge in [0.15, 0.2) is 0 Å². The van der Waals surface area contributed by atoms with Crippen molar-refractivity contribution in [2.75, 3.05) is 0 Å². The van der Waals surface area contributed by atoms with Crippen molar-refractivity contribution in [1.29, 1.82) is 5.26 Å². The van der Waals surface area contributed by atoms with Crippen LogP contribution in [0.3, 0.4) is 0 Å². The predicted octanol–water partition coefficient (Wildman–Crippen LogP) is 5.42. The van der Waals surface area contributed by atoms with Crippen LogP contribution in [0, 0.1) is 40.8 Å². The highest BCUT2D eigenvalue weighted by molar-refractivity contribution is 5.29. The molecule has 0 aromatic heterocycles. The predicted molar refractivity (Wildman–Crippen MR) is 84.3 cm³/mol. The van der Waals surface area contributed by atoms with Crippen LogP contribution in [0.5, 0.6) is 0 Å². The minimum Gasteiger partial charge on any atom is -0.207 e. The Kier molecular flexibility index (Phi) is 4.42. The number of hydrogen-bond acceptors (Lipinski definition) is 1. The molecule has 2 heteroatoms. The molecule has 0 N–H and O–H groups in total. The molecule has 0 aliphatic heterocycles. The van der Waals surface area contributed by atoms with Crippen LogP contribution in [0.2, 0.25) is 0 Å². The summed E-state index contributed by atoms with van der Waals surface area (Å²) < 4.78 is 13.5. The Labute approximate surface area is 128 Å². The van der Waals surface area contributed by atoms with Gasteiger partial charge in [0.25, 0.3) is 0 Å². The molecular weight excluding hydrogens is 261 g/mol. The zero-order valence-electron chi connectivity index (χ0n) is 13.7. The molecule has 0 spiro atoms. The Morgan fingerprint density at radius 3 is 2.43 bits per heavy atom. The lowest BCUT2D eigenvalue weighted by molar-refractivity contribution is 0.120. The standard InChI is InChI=1S/C19H26FN/c1-14-5-6-17(20)11-15(14)12-19(13-21)9-7-16(8-10-19)18(2,3)4/h5-6,11,16H,7-10,12H2,1-4H3. The molecular formula is C19H26FN. The summed E-state index contributed by atoms with van der Waals surface area (Å²) in [6.07, 6.45) is 4.75. The molecule has 114 valence electrons. The van der Waals surface area contributed by atoms with Crippen LogP contribution in [0.1, 0.15) is 57.6 Å². The SMILES string of the molecule is Cc1ccc(F)cc1CC1(C#N)CCC(C(C)(C)C)CC1. The highest BCUT2D eigenvalue weighted by Crippen LogP contribution is 2.46. The number of benzene rings is 1. The number of nitriles is 1. The number of aryl methyl sites for hydroxylation is 1. The third-order valence-electron chi connectivity index (χ3n) is 5.24. The third-order valence-corrected chi connectivity index (χ3v) is 5.24. The molecule has 1 nitrogen and oxygen atoms in total. The Bertz CT molecular complexity index is 540. The summed E-state index contributed by atoms with van der Waals surface area (Å²) in [5, 5.41) is 9.71. The van der Waals surface area contributed by atoms with Crippen molar-refractivity contribution in [1.82, 2.24) is 0 Å². The van der Waals surface area contributed by atoms with E-state index in [4.69, 9.17) is 0 Å². The van der Waals surface area contributed by atoms with Crippen molar-refractivity contribution in [3.8, 4) is 6.07 Å². The van der Waals surface area contributed by atoms with E-state index in [1.165, 1.54) is 6.07 Å². The van der Waals surface area contributed by atoms with Gasteiger partial charge in [-0.2, -0.15) is 5.26 Å². The molecule has 1 aromatic carbocycles. The van der Waals surface area contributed by atoms with Crippen molar-refractivity contribution in [3.05, 3.63) is 35.1 Å². The average Bonchev–Trinajstić information content (AvgIpc) is 2.42. The number of halogens is 1. The second kappa shape index (κ2) is 5.79. The molecule has 0 saturated heterocycles.